The number of aromatic nitrogens is 1. The molecule has 5 heteroatoms. The summed E-state index contributed by atoms with van der Waals surface area (Å²) in [6, 6.07) is 3.64. The molecule has 0 bridgehead atoms. The van der Waals surface area contributed by atoms with Crippen LogP contribution in [0.1, 0.15) is 5.69 Å². The van der Waals surface area contributed by atoms with Gasteiger partial charge in [0.25, 0.3) is 0 Å². The van der Waals surface area contributed by atoms with E-state index in [1.165, 1.54) is 11.3 Å². The van der Waals surface area contributed by atoms with E-state index in [9.17, 15) is 0 Å². The van der Waals surface area contributed by atoms with Crippen LogP contribution in [0.4, 0.5) is 5.69 Å². The summed E-state index contributed by atoms with van der Waals surface area (Å²) in [5, 5.41) is 4.62. The fourth-order valence-corrected chi connectivity index (χ4v) is 0.883. The molecular weight excluding hydrogens is 154 g/mol. The molecule has 0 unspecified atom stereocenters. The van der Waals surface area contributed by atoms with Gasteiger partial charge in [-0.25, -0.2) is 5.84 Å². The third-order valence-electron chi connectivity index (χ3n) is 1.45. The van der Waals surface area contributed by atoms with Gasteiger partial charge < -0.3 is 5.84 Å². The van der Waals surface area contributed by atoms with Crippen molar-refractivity contribution in [2.45, 2.75) is 6.92 Å². The smallest absolute Gasteiger partial charge is 0.129 e. The van der Waals surface area contributed by atoms with Crippen molar-refractivity contribution in [2.75, 3.05) is 5.01 Å². The van der Waals surface area contributed by atoms with Crippen molar-refractivity contribution in [3.05, 3.63) is 24.0 Å². The van der Waals surface area contributed by atoms with Crippen molar-refractivity contribution in [1.82, 2.24) is 4.98 Å². The van der Waals surface area contributed by atoms with Gasteiger partial charge in [0.15, 0.2) is 0 Å². The Bertz CT molecular complexity index is 283. The van der Waals surface area contributed by atoms with Gasteiger partial charge >= 0.3 is 0 Å². The molecular formula is C7H11N5. The summed E-state index contributed by atoms with van der Waals surface area (Å²) in [4.78, 5) is 4.06. The molecule has 0 fully saturated rings. The Kier molecular flexibility index (Phi) is 2.60. The summed E-state index contributed by atoms with van der Waals surface area (Å²) < 4.78 is 0. The van der Waals surface area contributed by atoms with E-state index in [0.29, 0.717) is 0 Å². The van der Waals surface area contributed by atoms with E-state index in [1.54, 1.807) is 12.3 Å². The number of rotatable bonds is 2. The molecule has 0 aromatic carbocycles. The lowest BCUT2D eigenvalue weighted by atomic mass is 10.3. The maximum Gasteiger partial charge on any atom is 0.129 e. The number of nitrogens with two attached hydrogens (primary N) is 2. The van der Waals surface area contributed by atoms with Gasteiger partial charge in [0, 0.05) is 6.20 Å². The zero-order valence-electron chi connectivity index (χ0n) is 6.81. The number of pyridine rings is 1. The highest BCUT2D eigenvalue weighted by Gasteiger charge is 2.01. The van der Waals surface area contributed by atoms with Crippen molar-refractivity contribution in [1.29, 1.82) is 0 Å². The van der Waals surface area contributed by atoms with E-state index < -0.39 is 0 Å². The standard InChI is InChI=1S/C7H11N5/c1-6-7(3-2-4-10-6)12(9)5-11-8/h2-5H,8-9H2,1H3/b11-5-. The van der Waals surface area contributed by atoms with Crippen molar-refractivity contribution < 1.29 is 0 Å². The second kappa shape index (κ2) is 3.68. The van der Waals surface area contributed by atoms with E-state index in [4.69, 9.17) is 11.7 Å². The van der Waals surface area contributed by atoms with Crippen molar-refractivity contribution in [3.63, 3.8) is 0 Å². The largest absolute Gasteiger partial charge is 0.322 e. The maximum atomic E-state index is 5.57. The number of anilines is 1. The first-order valence-electron chi connectivity index (χ1n) is 3.44. The lowest BCUT2D eigenvalue weighted by molar-refractivity contribution is 1.08. The molecule has 4 N–H and O–H groups in total. The third kappa shape index (κ3) is 1.70. The normalized spacial score (nSPS) is 10.5. The average Bonchev–Trinajstić information content (AvgIpc) is 2.05. The lowest BCUT2D eigenvalue weighted by Crippen LogP contribution is -2.30. The van der Waals surface area contributed by atoms with E-state index >= 15 is 0 Å². The highest BCUT2D eigenvalue weighted by atomic mass is 15.4. The molecule has 1 aromatic heterocycles. The molecule has 0 amide bonds. The Balaban J connectivity index is 2.94. The molecule has 12 heavy (non-hydrogen) atoms. The summed E-state index contributed by atoms with van der Waals surface area (Å²) in [6.45, 7) is 1.86. The van der Waals surface area contributed by atoms with Gasteiger partial charge in [0.2, 0.25) is 0 Å². The van der Waals surface area contributed by atoms with Gasteiger partial charge in [-0.3, -0.25) is 9.99 Å². The van der Waals surface area contributed by atoms with Crippen LogP contribution in [0.25, 0.3) is 0 Å². The van der Waals surface area contributed by atoms with Crippen LogP contribution in [0.15, 0.2) is 23.4 Å². The summed E-state index contributed by atoms with van der Waals surface area (Å²) in [6.07, 6.45) is 3.02. The molecule has 0 spiro atoms. The maximum absolute atomic E-state index is 5.57. The van der Waals surface area contributed by atoms with Crippen LogP contribution in [-0.2, 0) is 0 Å². The minimum Gasteiger partial charge on any atom is -0.322 e. The van der Waals surface area contributed by atoms with Gasteiger partial charge in [-0.1, -0.05) is 0 Å². The lowest BCUT2D eigenvalue weighted by Gasteiger charge is -2.13. The second-order valence-corrected chi connectivity index (χ2v) is 2.28. The molecule has 0 saturated carbocycles. The Morgan fingerprint density at radius 3 is 3.00 bits per heavy atom. The van der Waals surface area contributed by atoms with E-state index in [-0.39, 0.29) is 0 Å². The number of aryl methyl sites for hydroxylation is 1. The SMILES string of the molecule is Cc1ncccc1N(N)/C=N\N. The third-order valence-corrected chi connectivity index (χ3v) is 1.45. The van der Waals surface area contributed by atoms with E-state index in [2.05, 4.69) is 10.1 Å². The van der Waals surface area contributed by atoms with E-state index in [0.717, 1.165) is 11.4 Å². The van der Waals surface area contributed by atoms with Crippen LogP contribution in [0.2, 0.25) is 0 Å². The molecule has 1 rings (SSSR count). The van der Waals surface area contributed by atoms with Gasteiger partial charge in [-0.2, -0.15) is 5.10 Å². The van der Waals surface area contributed by atoms with Crippen LogP contribution in [0.3, 0.4) is 0 Å². The van der Waals surface area contributed by atoms with Crippen LogP contribution < -0.4 is 16.7 Å². The highest BCUT2D eigenvalue weighted by molar-refractivity contribution is 5.77. The van der Waals surface area contributed by atoms with Gasteiger partial charge in [0.1, 0.15) is 6.34 Å². The summed E-state index contributed by atoms with van der Waals surface area (Å²) in [5.41, 5.74) is 1.62. The van der Waals surface area contributed by atoms with Gasteiger partial charge in [-0.05, 0) is 19.1 Å². The minimum absolute atomic E-state index is 0.784. The molecule has 0 saturated heterocycles. The zero-order chi connectivity index (χ0) is 8.97. The Labute approximate surface area is 70.7 Å². The van der Waals surface area contributed by atoms with Crippen LogP contribution >= 0.6 is 0 Å². The molecule has 0 radical (unpaired) electrons. The Morgan fingerprint density at radius 1 is 1.67 bits per heavy atom. The van der Waals surface area contributed by atoms with E-state index in [1.807, 2.05) is 13.0 Å². The molecule has 5 nitrogen and oxygen atoms in total. The first kappa shape index (κ1) is 8.48. The highest BCUT2D eigenvalue weighted by Crippen LogP contribution is 2.11. The van der Waals surface area contributed by atoms with Crippen LogP contribution in [0, 0.1) is 6.92 Å². The quantitative estimate of drug-likeness (QED) is 0.279. The predicted molar refractivity (Wildman–Crippen MR) is 48.3 cm³/mol. The number of hydrogen-bond donors (Lipinski definition) is 2. The first-order valence-corrected chi connectivity index (χ1v) is 3.44. The van der Waals surface area contributed by atoms with Gasteiger partial charge in [0.05, 0.1) is 11.4 Å². The molecule has 1 aromatic rings. The minimum atomic E-state index is 0.784. The fraction of sp³-hybridized carbons (Fsp3) is 0.143. The van der Waals surface area contributed by atoms with Crippen molar-refractivity contribution >= 4 is 12.0 Å². The summed E-state index contributed by atoms with van der Waals surface area (Å²) in [7, 11) is 0. The average molecular weight is 165 g/mol. The number of nitrogens with zero attached hydrogens (tertiary/aromatic N) is 3. The number of hydrazine groups is 1. The molecule has 0 aliphatic rings. The molecule has 0 aliphatic carbocycles. The summed E-state index contributed by atoms with van der Waals surface area (Å²) in [5.74, 6) is 10.5. The Hall–Kier alpha value is -1.62. The van der Waals surface area contributed by atoms with Crippen LogP contribution in [-0.4, -0.2) is 11.3 Å². The molecule has 64 valence electrons. The monoisotopic (exact) mass is 165 g/mol. The summed E-state index contributed by atoms with van der Waals surface area (Å²) >= 11 is 0. The molecule has 1 heterocycles. The Morgan fingerprint density at radius 2 is 2.42 bits per heavy atom. The van der Waals surface area contributed by atoms with Crippen molar-refractivity contribution in [2.24, 2.45) is 16.8 Å². The molecule has 0 atom stereocenters. The van der Waals surface area contributed by atoms with Crippen LogP contribution in [0.5, 0.6) is 0 Å². The zero-order valence-corrected chi connectivity index (χ0v) is 6.81. The predicted octanol–water partition coefficient (Wildman–Crippen LogP) is -0.0279. The number of hydrogen-bond acceptors (Lipinski definition) is 4. The van der Waals surface area contributed by atoms with Gasteiger partial charge in [-0.15, -0.1) is 0 Å². The first-order chi connectivity index (χ1) is 5.75. The fourth-order valence-electron chi connectivity index (χ4n) is 0.883. The van der Waals surface area contributed by atoms with Crippen molar-refractivity contribution in [3.8, 4) is 0 Å². The topological polar surface area (TPSA) is 80.5 Å². The second-order valence-electron chi connectivity index (χ2n) is 2.28. The molecule has 0 aliphatic heterocycles. The number of hydrazone groups is 1.